The van der Waals surface area contributed by atoms with Crippen molar-refractivity contribution >= 4 is 21.8 Å². The molecule has 0 spiro atoms. The Bertz CT molecular complexity index is 2830. The van der Waals surface area contributed by atoms with Crippen LogP contribution in [0.25, 0.3) is 72.8 Å². The molecule has 0 radical (unpaired) electrons. The molecule has 264 valence electrons. The standard InChI is InChI=1S/C51H40N4/c1-50(2,36-26-24-35(25-27-36)49-53-47(33-16-8-5-9-17-33)52-48(54-49)34-18-10-6-11-19-34)37-28-29-45-41(30-37)42-31-40-39-22-14-15-23-43(39)51(3,4)44(40)32-46(42)55(45)38-20-12-7-13-21-38/h5-32H,1-4H3. The van der Waals surface area contributed by atoms with E-state index in [1.165, 1.54) is 60.9 Å². The highest BCUT2D eigenvalue weighted by Crippen LogP contribution is 2.51. The molecule has 2 aromatic heterocycles. The van der Waals surface area contributed by atoms with E-state index in [-0.39, 0.29) is 10.8 Å². The predicted octanol–water partition coefficient (Wildman–Crippen LogP) is 12.6. The molecule has 0 fully saturated rings. The largest absolute Gasteiger partial charge is 0.309 e. The zero-order chi connectivity index (χ0) is 37.3. The summed E-state index contributed by atoms with van der Waals surface area (Å²) in [5.41, 5.74) is 14.1. The first-order valence-electron chi connectivity index (χ1n) is 19.0. The van der Waals surface area contributed by atoms with Gasteiger partial charge in [-0.25, -0.2) is 15.0 Å². The second kappa shape index (κ2) is 12.5. The predicted molar refractivity (Wildman–Crippen MR) is 227 cm³/mol. The maximum atomic E-state index is 4.96. The van der Waals surface area contributed by atoms with Crippen LogP contribution < -0.4 is 0 Å². The van der Waals surface area contributed by atoms with Crippen molar-refractivity contribution in [2.24, 2.45) is 0 Å². The maximum absolute atomic E-state index is 4.96. The Morgan fingerprint density at radius 1 is 0.436 bits per heavy atom. The minimum atomic E-state index is -0.275. The lowest BCUT2D eigenvalue weighted by atomic mass is 9.77. The topological polar surface area (TPSA) is 43.6 Å². The maximum Gasteiger partial charge on any atom is 0.164 e. The van der Waals surface area contributed by atoms with Gasteiger partial charge in [0.15, 0.2) is 17.5 Å². The molecule has 0 amide bonds. The molecule has 0 N–H and O–H groups in total. The molecule has 0 saturated heterocycles. The number of hydrogen-bond donors (Lipinski definition) is 0. The van der Waals surface area contributed by atoms with Gasteiger partial charge >= 0.3 is 0 Å². The average Bonchev–Trinajstić information content (AvgIpc) is 3.68. The van der Waals surface area contributed by atoms with Gasteiger partial charge in [-0.1, -0.05) is 161 Å². The minimum Gasteiger partial charge on any atom is -0.309 e. The molecule has 9 aromatic rings. The molecule has 4 heteroatoms. The van der Waals surface area contributed by atoms with Crippen LogP contribution in [0.2, 0.25) is 0 Å². The molecule has 55 heavy (non-hydrogen) atoms. The normalized spacial score (nSPS) is 13.2. The first-order valence-corrected chi connectivity index (χ1v) is 19.0. The Kier molecular flexibility index (Phi) is 7.47. The molecular weight excluding hydrogens is 669 g/mol. The number of rotatable bonds is 6. The first kappa shape index (κ1) is 33.0. The van der Waals surface area contributed by atoms with Crippen LogP contribution in [0.5, 0.6) is 0 Å². The van der Waals surface area contributed by atoms with E-state index in [0.29, 0.717) is 17.5 Å². The molecule has 0 atom stereocenters. The van der Waals surface area contributed by atoms with Crippen LogP contribution in [-0.2, 0) is 10.8 Å². The van der Waals surface area contributed by atoms with Gasteiger partial charge in [-0.3, -0.25) is 0 Å². The summed E-state index contributed by atoms with van der Waals surface area (Å²) in [5.74, 6) is 1.98. The van der Waals surface area contributed by atoms with Crippen LogP contribution in [0.1, 0.15) is 49.9 Å². The molecule has 0 aliphatic heterocycles. The molecule has 4 nitrogen and oxygen atoms in total. The highest BCUT2D eigenvalue weighted by molar-refractivity contribution is 6.12. The summed E-state index contributed by atoms with van der Waals surface area (Å²) in [6, 6.07) is 60.6. The third kappa shape index (κ3) is 5.32. The number of aromatic nitrogens is 4. The molecule has 1 aliphatic rings. The molecule has 2 heterocycles. The van der Waals surface area contributed by atoms with Gasteiger partial charge in [-0.2, -0.15) is 0 Å². The fourth-order valence-electron chi connectivity index (χ4n) is 8.60. The van der Waals surface area contributed by atoms with E-state index in [2.05, 4.69) is 141 Å². The van der Waals surface area contributed by atoms with Crippen molar-refractivity contribution in [3.8, 4) is 51.0 Å². The number of para-hydroxylation sites is 1. The summed E-state index contributed by atoms with van der Waals surface area (Å²) in [6.45, 7) is 9.35. The van der Waals surface area contributed by atoms with E-state index in [0.717, 1.165) is 16.7 Å². The van der Waals surface area contributed by atoms with Gasteiger partial charge in [-0.15, -0.1) is 0 Å². The molecule has 1 aliphatic carbocycles. The summed E-state index contributed by atoms with van der Waals surface area (Å²) in [6.07, 6.45) is 0. The van der Waals surface area contributed by atoms with Gasteiger partial charge in [0.2, 0.25) is 0 Å². The third-order valence-corrected chi connectivity index (χ3v) is 11.8. The summed E-state index contributed by atoms with van der Waals surface area (Å²) < 4.78 is 2.44. The second-order valence-electron chi connectivity index (χ2n) is 15.7. The first-order chi connectivity index (χ1) is 26.8. The van der Waals surface area contributed by atoms with Crippen molar-refractivity contribution in [3.05, 3.63) is 192 Å². The molecule has 7 aromatic carbocycles. The number of fused-ring (bicyclic) bond motifs is 6. The highest BCUT2D eigenvalue weighted by Gasteiger charge is 2.36. The van der Waals surface area contributed by atoms with Crippen molar-refractivity contribution in [1.29, 1.82) is 0 Å². The highest BCUT2D eigenvalue weighted by atomic mass is 15.0. The van der Waals surface area contributed by atoms with Crippen molar-refractivity contribution in [3.63, 3.8) is 0 Å². The summed E-state index contributed by atoms with van der Waals surface area (Å²) in [5, 5.41) is 2.54. The van der Waals surface area contributed by atoms with E-state index < -0.39 is 0 Å². The Morgan fingerprint density at radius 3 is 1.56 bits per heavy atom. The van der Waals surface area contributed by atoms with E-state index in [9.17, 15) is 0 Å². The molecule has 10 rings (SSSR count). The van der Waals surface area contributed by atoms with E-state index >= 15 is 0 Å². The number of benzene rings is 7. The van der Waals surface area contributed by atoms with E-state index in [1.807, 2.05) is 60.7 Å². The zero-order valence-electron chi connectivity index (χ0n) is 31.5. The molecule has 0 bridgehead atoms. The van der Waals surface area contributed by atoms with Gasteiger partial charge in [0.25, 0.3) is 0 Å². The van der Waals surface area contributed by atoms with Gasteiger partial charge in [0.1, 0.15) is 0 Å². The lowest BCUT2D eigenvalue weighted by molar-refractivity contribution is 0.642. The lowest BCUT2D eigenvalue weighted by Crippen LogP contribution is -2.18. The summed E-state index contributed by atoms with van der Waals surface area (Å²) >= 11 is 0. The second-order valence-corrected chi connectivity index (χ2v) is 15.7. The van der Waals surface area contributed by atoms with Crippen LogP contribution in [0.15, 0.2) is 170 Å². The number of nitrogens with zero attached hydrogens (tertiary/aromatic N) is 4. The van der Waals surface area contributed by atoms with Crippen LogP contribution in [0.3, 0.4) is 0 Å². The van der Waals surface area contributed by atoms with Crippen LogP contribution in [0.4, 0.5) is 0 Å². The third-order valence-electron chi connectivity index (χ3n) is 11.8. The molecule has 0 saturated carbocycles. The van der Waals surface area contributed by atoms with E-state index in [4.69, 9.17) is 15.0 Å². The van der Waals surface area contributed by atoms with Gasteiger partial charge < -0.3 is 4.57 Å². The Labute approximate surface area is 321 Å². The lowest BCUT2D eigenvalue weighted by Gasteiger charge is -2.26. The van der Waals surface area contributed by atoms with E-state index in [1.54, 1.807) is 0 Å². The Hall–Kier alpha value is -6.65. The van der Waals surface area contributed by atoms with Gasteiger partial charge in [-0.05, 0) is 69.8 Å². The van der Waals surface area contributed by atoms with Crippen LogP contribution in [0, 0.1) is 0 Å². The minimum absolute atomic E-state index is 0.0784. The Morgan fingerprint density at radius 2 is 0.945 bits per heavy atom. The SMILES string of the molecule is CC(C)(c1ccc(-c2nc(-c3ccccc3)nc(-c3ccccc3)n2)cc1)c1ccc2c(c1)c1cc3c(cc1n2-c1ccccc1)C(C)(C)c1ccccc1-3. The fourth-order valence-corrected chi connectivity index (χ4v) is 8.60. The van der Waals surface area contributed by atoms with Gasteiger partial charge in [0.05, 0.1) is 11.0 Å². The van der Waals surface area contributed by atoms with Crippen molar-refractivity contribution in [2.45, 2.75) is 38.5 Å². The van der Waals surface area contributed by atoms with Crippen molar-refractivity contribution < 1.29 is 0 Å². The quantitative estimate of drug-likeness (QED) is 0.173. The van der Waals surface area contributed by atoms with Crippen molar-refractivity contribution in [2.75, 3.05) is 0 Å². The monoisotopic (exact) mass is 708 g/mol. The molecular formula is C51H40N4. The summed E-state index contributed by atoms with van der Waals surface area (Å²) in [4.78, 5) is 14.8. The van der Waals surface area contributed by atoms with Crippen LogP contribution >= 0.6 is 0 Å². The molecule has 0 unspecified atom stereocenters. The number of hydrogen-bond acceptors (Lipinski definition) is 3. The summed E-state index contributed by atoms with van der Waals surface area (Å²) in [7, 11) is 0. The fraction of sp³-hybridized carbons (Fsp3) is 0.118. The van der Waals surface area contributed by atoms with Crippen LogP contribution in [-0.4, -0.2) is 19.5 Å². The van der Waals surface area contributed by atoms with Crippen molar-refractivity contribution in [1.82, 2.24) is 19.5 Å². The smallest absolute Gasteiger partial charge is 0.164 e. The average molecular weight is 709 g/mol. The Balaban J connectivity index is 1.08. The van der Waals surface area contributed by atoms with Gasteiger partial charge in [0, 0.05) is 44.0 Å². The zero-order valence-corrected chi connectivity index (χ0v) is 31.5.